The average Bonchev–Trinajstić information content (AvgIpc) is 2.34. The molecule has 0 aliphatic carbocycles. The third kappa shape index (κ3) is 7.91. The van der Waals surface area contributed by atoms with E-state index in [2.05, 4.69) is 10.6 Å². The lowest BCUT2D eigenvalue weighted by Crippen LogP contribution is -2.37. The molecule has 4 N–H and O–H groups in total. The molecule has 0 fully saturated rings. The molecule has 0 heterocycles. The normalized spacial score (nSPS) is 11.5. The van der Waals surface area contributed by atoms with Gasteiger partial charge in [-0.05, 0) is 6.92 Å². The highest BCUT2D eigenvalue weighted by Gasteiger charge is 2.14. The van der Waals surface area contributed by atoms with E-state index in [1.807, 2.05) is 0 Å². The van der Waals surface area contributed by atoms with Crippen molar-refractivity contribution in [1.82, 2.24) is 10.6 Å². The van der Waals surface area contributed by atoms with Crippen LogP contribution in [0.25, 0.3) is 0 Å². The lowest BCUT2D eigenvalue weighted by Gasteiger charge is -2.09. The standard InChI is InChI=1S/C10H19N3O4S/c1-3-17-9(15)7(11)6-18-5-4-8(14)13-10(16)12-2/h7H,3-6,11H2,1-2H3,(H2,12,13,14,16). The number of carbonyl (C=O) groups is 3. The number of thioether (sulfide) groups is 1. The van der Waals surface area contributed by atoms with Crippen LogP contribution in [-0.4, -0.2) is 49.1 Å². The summed E-state index contributed by atoms with van der Waals surface area (Å²) in [5.41, 5.74) is 5.56. The summed E-state index contributed by atoms with van der Waals surface area (Å²) in [5, 5.41) is 4.41. The van der Waals surface area contributed by atoms with Crippen LogP contribution in [0.15, 0.2) is 0 Å². The number of carbonyl (C=O) groups excluding carboxylic acids is 3. The van der Waals surface area contributed by atoms with Crippen LogP contribution < -0.4 is 16.4 Å². The zero-order valence-electron chi connectivity index (χ0n) is 10.5. The van der Waals surface area contributed by atoms with Crippen LogP contribution in [0.4, 0.5) is 4.79 Å². The first-order valence-electron chi connectivity index (χ1n) is 5.52. The Bertz CT molecular complexity index is 299. The average molecular weight is 277 g/mol. The highest BCUT2D eigenvalue weighted by atomic mass is 32.2. The monoisotopic (exact) mass is 277 g/mol. The second kappa shape index (κ2) is 9.72. The largest absolute Gasteiger partial charge is 0.465 e. The fourth-order valence-electron chi connectivity index (χ4n) is 0.944. The van der Waals surface area contributed by atoms with Crippen LogP contribution in [0.3, 0.4) is 0 Å². The van der Waals surface area contributed by atoms with Crippen molar-refractivity contribution in [2.75, 3.05) is 25.2 Å². The van der Waals surface area contributed by atoms with Crippen LogP contribution in [0, 0.1) is 0 Å². The van der Waals surface area contributed by atoms with Crippen molar-refractivity contribution in [3.63, 3.8) is 0 Å². The van der Waals surface area contributed by atoms with Gasteiger partial charge >= 0.3 is 12.0 Å². The van der Waals surface area contributed by atoms with Gasteiger partial charge in [0, 0.05) is 25.0 Å². The molecular weight excluding hydrogens is 258 g/mol. The second-order valence-corrected chi connectivity index (χ2v) is 4.46. The highest BCUT2D eigenvalue weighted by Crippen LogP contribution is 2.05. The van der Waals surface area contributed by atoms with E-state index in [0.29, 0.717) is 18.1 Å². The third-order valence-corrected chi connectivity index (χ3v) is 2.93. The molecule has 0 spiro atoms. The lowest BCUT2D eigenvalue weighted by molar-refractivity contribution is -0.144. The van der Waals surface area contributed by atoms with Gasteiger partial charge in [-0.3, -0.25) is 14.9 Å². The van der Waals surface area contributed by atoms with Crippen molar-refractivity contribution >= 4 is 29.7 Å². The van der Waals surface area contributed by atoms with E-state index in [1.54, 1.807) is 6.92 Å². The van der Waals surface area contributed by atoms with Crippen LogP contribution in [0.1, 0.15) is 13.3 Å². The van der Waals surface area contributed by atoms with Gasteiger partial charge in [-0.25, -0.2) is 4.79 Å². The number of rotatable bonds is 7. The molecule has 104 valence electrons. The number of nitrogens with one attached hydrogen (secondary N) is 2. The van der Waals surface area contributed by atoms with Crippen molar-refractivity contribution in [1.29, 1.82) is 0 Å². The number of hydrogen-bond donors (Lipinski definition) is 3. The predicted octanol–water partition coefficient (Wildman–Crippen LogP) is -0.544. The van der Waals surface area contributed by atoms with Gasteiger partial charge in [-0.1, -0.05) is 0 Å². The molecule has 0 saturated heterocycles. The van der Waals surface area contributed by atoms with E-state index >= 15 is 0 Å². The fourth-order valence-corrected chi connectivity index (χ4v) is 1.83. The highest BCUT2D eigenvalue weighted by molar-refractivity contribution is 7.99. The van der Waals surface area contributed by atoms with Crippen molar-refractivity contribution in [3.8, 4) is 0 Å². The Morgan fingerprint density at radius 3 is 2.61 bits per heavy atom. The van der Waals surface area contributed by atoms with E-state index in [-0.39, 0.29) is 12.3 Å². The number of ether oxygens (including phenoxy) is 1. The molecule has 0 aromatic rings. The second-order valence-electron chi connectivity index (χ2n) is 3.31. The Labute approximate surface area is 110 Å². The maximum absolute atomic E-state index is 11.2. The van der Waals surface area contributed by atoms with Crippen LogP contribution in [-0.2, 0) is 14.3 Å². The number of esters is 1. The van der Waals surface area contributed by atoms with Gasteiger partial charge in [0.05, 0.1) is 6.61 Å². The lowest BCUT2D eigenvalue weighted by atomic mass is 10.4. The van der Waals surface area contributed by atoms with Gasteiger partial charge in [0.2, 0.25) is 5.91 Å². The van der Waals surface area contributed by atoms with Crippen LogP contribution >= 0.6 is 11.8 Å². The molecule has 0 radical (unpaired) electrons. The topological polar surface area (TPSA) is 111 Å². The third-order valence-electron chi connectivity index (χ3n) is 1.84. The molecule has 3 amide bonds. The molecule has 1 unspecified atom stereocenters. The van der Waals surface area contributed by atoms with Gasteiger partial charge in [0.15, 0.2) is 0 Å². The maximum Gasteiger partial charge on any atom is 0.323 e. The Morgan fingerprint density at radius 2 is 2.06 bits per heavy atom. The molecule has 18 heavy (non-hydrogen) atoms. The van der Waals surface area contributed by atoms with E-state index in [9.17, 15) is 14.4 Å². The Balaban J connectivity index is 3.64. The minimum absolute atomic E-state index is 0.188. The van der Waals surface area contributed by atoms with Gasteiger partial charge in [0.1, 0.15) is 6.04 Å². The quantitative estimate of drug-likeness (QED) is 0.425. The molecule has 0 aliphatic heterocycles. The van der Waals surface area contributed by atoms with Gasteiger partial charge < -0.3 is 15.8 Å². The molecule has 0 aromatic heterocycles. The zero-order chi connectivity index (χ0) is 14.0. The summed E-state index contributed by atoms with van der Waals surface area (Å²) < 4.78 is 4.74. The van der Waals surface area contributed by atoms with Crippen molar-refractivity contribution in [2.45, 2.75) is 19.4 Å². The molecule has 1 atom stereocenters. The molecule has 0 rings (SSSR count). The maximum atomic E-state index is 11.2. The van der Waals surface area contributed by atoms with Crippen molar-refractivity contribution < 1.29 is 19.1 Å². The smallest absolute Gasteiger partial charge is 0.323 e. The van der Waals surface area contributed by atoms with E-state index in [4.69, 9.17) is 10.5 Å². The Morgan fingerprint density at radius 1 is 1.39 bits per heavy atom. The predicted molar refractivity (Wildman–Crippen MR) is 69.1 cm³/mol. The number of urea groups is 1. The summed E-state index contributed by atoms with van der Waals surface area (Å²) in [5.74, 6) is 0.0496. The minimum Gasteiger partial charge on any atom is -0.465 e. The summed E-state index contributed by atoms with van der Waals surface area (Å²) in [7, 11) is 1.43. The molecule has 0 saturated carbocycles. The summed E-state index contributed by atoms with van der Waals surface area (Å²) in [6, 6.07) is -1.22. The van der Waals surface area contributed by atoms with E-state index in [0.717, 1.165) is 0 Å². The SMILES string of the molecule is CCOC(=O)C(N)CSCCC(=O)NC(=O)NC. The van der Waals surface area contributed by atoms with Crippen molar-refractivity contribution in [3.05, 3.63) is 0 Å². The molecule has 0 bridgehead atoms. The zero-order valence-corrected chi connectivity index (χ0v) is 11.3. The summed E-state index contributed by atoms with van der Waals surface area (Å²) >= 11 is 1.36. The van der Waals surface area contributed by atoms with E-state index in [1.165, 1.54) is 18.8 Å². The van der Waals surface area contributed by atoms with Crippen LogP contribution in [0.5, 0.6) is 0 Å². The fraction of sp³-hybridized carbons (Fsp3) is 0.700. The molecule has 0 aromatic carbocycles. The minimum atomic E-state index is -0.683. The van der Waals surface area contributed by atoms with Gasteiger partial charge in [0.25, 0.3) is 0 Å². The molecule has 0 aliphatic rings. The first-order chi connectivity index (χ1) is 8.51. The molecule has 8 heteroatoms. The summed E-state index contributed by atoms with van der Waals surface area (Å²) in [4.78, 5) is 33.1. The Hall–Kier alpha value is -1.28. The van der Waals surface area contributed by atoms with Gasteiger partial charge in [-0.2, -0.15) is 11.8 Å². The van der Waals surface area contributed by atoms with Crippen molar-refractivity contribution in [2.24, 2.45) is 5.73 Å². The number of nitrogens with two attached hydrogens (primary N) is 1. The molecule has 7 nitrogen and oxygen atoms in total. The summed E-state index contributed by atoms with van der Waals surface area (Å²) in [6.07, 6.45) is 0.188. The first kappa shape index (κ1) is 16.7. The summed E-state index contributed by atoms with van der Waals surface area (Å²) in [6.45, 7) is 2.01. The number of hydrogen-bond acceptors (Lipinski definition) is 6. The van der Waals surface area contributed by atoms with E-state index < -0.39 is 18.0 Å². The van der Waals surface area contributed by atoms with Crippen LogP contribution in [0.2, 0.25) is 0 Å². The number of amides is 3. The molecular formula is C10H19N3O4S. The Kier molecular flexibility index (Phi) is 9.03. The first-order valence-corrected chi connectivity index (χ1v) is 6.68. The van der Waals surface area contributed by atoms with Gasteiger partial charge in [-0.15, -0.1) is 0 Å². The number of imide groups is 1.